The van der Waals surface area contributed by atoms with Gasteiger partial charge in [-0.2, -0.15) is 0 Å². The van der Waals surface area contributed by atoms with Gasteiger partial charge >= 0.3 is 5.97 Å². The van der Waals surface area contributed by atoms with Gasteiger partial charge in [0.15, 0.2) is 6.10 Å². The Hall–Kier alpha value is -2.10. The topological polar surface area (TPSA) is 102 Å². The van der Waals surface area contributed by atoms with E-state index in [1.807, 2.05) is 0 Å². The van der Waals surface area contributed by atoms with E-state index in [1.165, 1.54) is 38.2 Å². The highest BCUT2D eigenvalue weighted by atomic mass is 35.5. The number of hydrogen-bond donors (Lipinski definition) is 2. The summed E-state index contributed by atoms with van der Waals surface area (Å²) in [5.74, 6) is -1.29. The second-order valence-corrected chi connectivity index (χ2v) is 8.50. The second kappa shape index (κ2) is 7.85. The second-order valence-electron chi connectivity index (χ2n) is 4.87. The Labute approximate surface area is 154 Å². The van der Waals surface area contributed by atoms with Gasteiger partial charge in [-0.1, -0.05) is 23.7 Å². The van der Waals surface area contributed by atoms with Crippen LogP contribution in [-0.4, -0.2) is 33.4 Å². The van der Waals surface area contributed by atoms with E-state index in [0.717, 1.165) is 11.3 Å². The molecule has 0 bridgehead atoms. The Balaban J connectivity index is 2.26. The molecule has 2 N–H and O–H groups in total. The van der Waals surface area contributed by atoms with Crippen LogP contribution in [0.3, 0.4) is 0 Å². The molecule has 2 rings (SSSR count). The lowest BCUT2D eigenvalue weighted by Gasteiger charge is -2.14. The lowest BCUT2D eigenvalue weighted by molar-refractivity contribution is -0.128. The molecule has 0 aliphatic carbocycles. The number of sulfonamides is 1. The maximum absolute atomic E-state index is 12.4. The Morgan fingerprint density at radius 1 is 1.20 bits per heavy atom. The number of carbonyl (C=O) groups excluding carboxylic acids is 2. The molecule has 0 fully saturated rings. The molecule has 0 aliphatic rings. The largest absolute Gasteiger partial charge is 0.449 e. The fourth-order valence-electron chi connectivity index (χ4n) is 1.87. The first-order valence-corrected chi connectivity index (χ1v) is 9.72. The average molecular weight is 403 g/mol. The summed E-state index contributed by atoms with van der Waals surface area (Å²) in [6.07, 6.45) is -1.02. The van der Waals surface area contributed by atoms with Gasteiger partial charge < -0.3 is 10.1 Å². The standard InChI is InChI=1S/C15H15ClN2O5S2/c1-9(14(19)17-2)23-15(20)10-5-3-4-6-11(10)18-25(21,22)13-8-7-12(16)24-13/h3-9,18H,1-2H3,(H,17,19)/t9-/m0/s1. The number of hydrogen-bond acceptors (Lipinski definition) is 6. The Morgan fingerprint density at radius 2 is 1.88 bits per heavy atom. The maximum Gasteiger partial charge on any atom is 0.341 e. The SMILES string of the molecule is CNC(=O)[C@H](C)OC(=O)c1ccccc1NS(=O)(=O)c1ccc(Cl)s1. The molecule has 0 saturated heterocycles. The third-order valence-corrected chi connectivity index (χ3v) is 6.19. The van der Waals surface area contributed by atoms with E-state index in [4.69, 9.17) is 16.3 Å². The highest BCUT2D eigenvalue weighted by Gasteiger charge is 2.23. The number of carbonyl (C=O) groups is 2. The van der Waals surface area contributed by atoms with E-state index in [-0.39, 0.29) is 15.5 Å². The Bertz CT molecular complexity index is 895. The van der Waals surface area contributed by atoms with Crippen molar-refractivity contribution >= 4 is 50.5 Å². The van der Waals surface area contributed by atoms with Crippen molar-refractivity contribution in [3.63, 3.8) is 0 Å². The van der Waals surface area contributed by atoms with Gasteiger partial charge in [-0.3, -0.25) is 9.52 Å². The van der Waals surface area contributed by atoms with Crippen molar-refractivity contribution in [1.29, 1.82) is 0 Å². The summed E-state index contributed by atoms with van der Waals surface area (Å²) >= 11 is 6.66. The Kier molecular flexibility index (Phi) is 6.04. The zero-order valence-corrected chi connectivity index (χ0v) is 15.7. The van der Waals surface area contributed by atoms with Gasteiger partial charge in [0.25, 0.3) is 15.9 Å². The number of para-hydroxylation sites is 1. The predicted molar refractivity (Wildman–Crippen MR) is 95.5 cm³/mol. The summed E-state index contributed by atoms with van der Waals surface area (Å²) < 4.78 is 32.5. The van der Waals surface area contributed by atoms with E-state index in [1.54, 1.807) is 12.1 Å². The van der Waals surface area contributed by atoms with Crippen LogP contribution in [0.1, 0.15) is 17.3 Å². The molecule has 1 aromatic carbocycles. The molecule has 1 atom stereocenters. The lowest BCUT2D eigenvalue weighted by Crippen LogP contribution is -2.33. The predicted octanol–water partition coefficient (Wildman–Crippen LogP) is 2.49. The number of anilines is 1. The zero-order valence-electron chi connectivity index (χ0n) is 13.3. The summed E-state index contributed by atoms with van der Waals surface area (Å²) in [6, 6.07) is 8.78. The van der Waals surface area contributed by atoms with Gasteiger partial charge in [-0.25, -0.2) is 13.2 Å². The van der Waals surface area contributed by atoms with E-state index in [2.05, 4.69) is 10.0 Å². The summed E-state index contributed by atoms with van der Waals surface area (Å²) in [5, 5.41) is 2.36. The van der Waals surface area contributed by atoms with Crippen molar-refractivity contribution in [3.05, 3.63) is 46.3 Å². The highest BCUT2D eigenvalue weighted by Crippen LogP contribution is 2.28. The average Bonchev–Trinajstić information content (AvgIpc) is 3.01. The van der Waals surface area contributed by atoms with Gasteiger partial charge in [0.1, 0.15) is 4.21 Å². The minimum absolute atomic E-state index is 0.00974. The van der Waals surface area contributed by atoms with Crippen LogP contribution in [0.2, 0.25) is 4.34 Å². The Morgan fingerprint density at radius 3 is 2.48 bits per heavy atom. The van der Waals surface area contributed by atoms with E-state index >= 15 is 0 Å². The minimum Gasteiger partial charge on any atom is -0.449 e. The fourth-order valence-corrected chi connectivity index (χ4v) is 4.43. The molecule has 2 aromatic rings. The van der Waals surface area contributed by atoms with Gasteiger partial charge in [-0.05, 0) is 31.2 Å². The molecule has 0 saturated carbocycles. The van der Waals surface area contributed by atoms with Crippen molar-refractivity contribution in [3.8, 4) is 0 Å². The smallest absolute Gasteiger partial charge is 0.341 e. The van der Waals surface area contributed by atoms with Crippen LogP contribution < -0.4 is 10.0 Å². The van der Waals surface area contributed by atoms with E-state index < -0.39 is 28.0 Å². The van der Waals surface area contributed by atoms with E-state index in [0.29, 0.717) is 4.34 Å². The molecule has 1 heterocycles. The molecule has 0 spiro atoms. The molecule has 1 aromatic heterocycles. The molecule has 10 heteroatoms. The highest BCUT2D eigenvalue weighted by molar-refractivity contribution is 7.94. The third kappa shape index (κ3) is 4.71. The molecule has 134 valence electrons. The first kappa shape index (κ1) is 19.2. The van der Waals surface area contributed by atoms with E-state index in [9.17, 15) is 18.0 Å². The summed E-state index contributed by atoms with van der Waals surface area (Å²) in [5.41, 5.74) is 0.0330. The number of thiophene rings is 1. The van der Waals surface area contributed by atoms with Crippen LogP contribution >= 0.6 is 22.9 Å². The molecular weight excluding hydrogens is 388 g/mol. The van der Waals surface area contributed by atoms with Gasteiger partial charge in [-0.15, -0.1) is 11.3 Å². The molecule has 7 nitrogen and oxygen atoms in total. The quantitative estimate of drug-likeness (QED) is 0.723. The number of esters is 1. The number of amides is 1. The fraction of sp³-hybridized carbons (Fsp3) is 0.200. The molecule has 0 aliphatic heterocycles. The first-order chi connectivity index (χ1) is 11.7. The molecule has 0 unspecified atom stereocenters. The van der Waals surface area contributed by atoms with Crippen molar-refractivity contribution in [2.75, 3.05) is 11.8 Å². The lowest BCUT2D eigenvalue weighted by atomic mass is 10.2. The van der Waals surface area contributed by atoms with Crippen molar-refractivity contribution in [1.82, 2.24) is 5.32 Å². The third-order valence-electron chi connectivity index (χ3n) is 3.10. The summed E-state index contributed by atoms with van der Waals surface area (Å²) in [4.78, 5) is 23.7. The van der Waals surface area contributed by atoms with Crippen LogP contribution in [0.4, 0.5) is 5.69 Å². The van der Waals surface area contributed by atoms with Crippen LogP contribution in [0.25, 0.3) is 0 Å². The van der Waals surface area contributed by atoms with Gasteiger partial charge in [0.2, 0.25) is 0 Å². The number of benzene rings is 1. The number of nitrogens with one attached hydrogen (secondary N) is 2. The van der Waals surface area contributed by atoms with Crippen molar-refractivity contribution in [2.24, 2.45) is 0 Å². The van der Waals surface area contributed by atoms with Crippen LogP contribution in [-0.2, 0) is 19.6 Å². The zero-order chi connectivity index (χ0) is 18.6. The monoisotopic (exact) mass is 402 g/mol. The minimum atomic E-state index is -3.90. The molecular formula is C15H15ClN2O5S2. The van der Waals surface area contributed by atoms with Gasteiger partial charge in [0.05, 0.1) is 15.6 Å². The van der Waals surface area contributed by atoms with Crippen molar-refractivity contribution in [2.45, 2.75) is 17.2 Å². The summed E-state index contributed by atoms with van der Waals surface area (Å²) in [6.45, 7) is 1.41. The number of likely N-dealkylation sites (N-methyl/N-ethyl adjacent to an activating group) is 1. The van der Waals surface area contributed by atoms with Crippen LogP contribution in [0, 0.1) is 0 Å². The van der Waals surface area contributed by atoms with Crippen molar-refractivity contribution < 1.29 is 22.7 Å². The van der Waals surface area contributed by atoms with Crippen LogP contribution in [0.5, 0.6) is 0 Å². The summed E-state index contributed by atoms with van der Waals surface area (Å²) in [7, 11) is -2.48. The number of halogens is 1. The van der Waals surface area contributed by atoms with Gasteiger partial charge in [0, 0.05) is 7.05 Å². The maximum atomic E-state index is 12.4. The number of ether oxygens (including phenoxy) is 1. The number of rotatable bonds is 6. The van der Waals surface area contributed by atoms with Crippen LogP contribution in [0.15, 0.2) is 40.6 Å². The molecule has 0 radical (unpaired) electrons. The molecule has 1 amide bonds. The normalized spacial score (nSPS) is 12.3. The first-order valence-electron chi connectivity index (χ1n) is 7.04. The molecule has 25 heavy (non-hydrogen) atoms.